The largest absolute Gasteiger partial charge is 0.476 e. The summed E-state index contributed by atoms with van der Waals surface area (Å²) in [5.41, 5.74) is 0.477. The molecular weight excluding hydrogens is 378 g/mol. The van der Waals surface area contributed by atoms with Gasteiger partial charge in [-0.2, -0.15) is 0 Å². The lowest BCUT2D eigenvalue weighted by atomic mass is 10.00. The molecule has 2 heterocycles. The van der Waals surface area contributed by atoms with Gasteiger partial charge in [0.05, 0.1) is 18.5 Å². The molecular formula is C20H31N3O4S. The van der Waals surface area contributed by atoms with Crippen LogP contribution in [0, 0.1) is 0 Å². The molecule has 1 aromatic carbocycles. The number of ether oxygens (including phenoxy) is 1. The van der Waals surface area contributed by atoms with Gasteiger partial charge in [-0.05, 0) is 44.4 Å². The fourth-order valence-corrected chi connectivity index (χ4v) is 4.99. The monoisotopic (exact) mass is 409 g/mol. The van der Waals surface area contributed by atoms with E-state index in [1.54, 1.807) is 24.3 Å². The average molecular weight is 410 g/mol. The standard InChI is InChI=1S/C20H31N3O4S/c1-3-16-9-6-7-13-22(16)14-8-12-21-20(24)19-15-23(28(2,25)26)17-10-4-5-11-18(17)27-19/h4-5,10-11,16,19H,3,6-9,12-15H2,1-2H3,(H,21,24)/t16-,19+/m1/s1. The highest BCUT2D eigenvalue weighted by atomic mass is 32.2. The zero-order valence-electron chi connectivity index (χ0n) is 16.8. The van der Waals surface area contributed by atoms with Gasteiger partial charge in [0.2, 0.25) is 10.0 Å². The van der Waals surface area contributed by atoms with Crippen molar-refractivity contribution in [3.05, 3.63) is 24.3 Å². The van der Waals surface area contributed by atoms with Crippen molar-refractivity contribution in [3.63, 3.8) is 0 Å². The molecule has 0 aliphatic carbocycles. The van der Waals surface area contributed by atoms with Gasteiger partial charge in [0.15, 0.2) is 6.10 Å². The summed E-state index contributed by atoms with van der Waals surface area (Å²) >= 11 is 0. The predicted octanol–water partition coefficient (Wildman–Crippen LogP) is 1.98. The third-order valence-corrected chi connectivity index (χ3v) is 6.72. The summed E-state index contributed by atoms with van der Waals surface area (Å²) < 4.78 is 31.3. The van der Waals surface area contributed by atoms with Crippen LogP contribution in [-0.2, 0) is 14.8 Å². The van der Waals surface area contributed by atoms with Crippen LogP contribution in [0.1, 0.15) is 39.0 Å². The third kappa shape index (κ3) is 4.97. The van der Waals surface area contributed by atoms with Gasteiger partial charge in [0, 0.05) is 19.1 Å². The molecule has 8 heteroatoms. The molecule has 2 aliphatic rings. The number of anilines is 1. The zero-order valence-corrected chi connectivity index (χ0v) is 17.6. The lowest BCUT2D eigenvalue weighted by molar-refractivity contribution is -0.127. The van der Waals surface area contributed by atoms with Gasteiger partial charge in [0.1, 0.15) is 5.75 Å². The van der Waals surface area contributed by atoms with Crippen molar-refractivity contribution in [2.45, 2.75) is 51.2 Å². The van der Waals surface area contributed by atoms with Gasteiger partial charge < -0.3 is 15.0 Å². The second-order valence-electron chi connectivity index (χ2n) is 7.61. The van der Waals surface area contributed by atoms with E-state index in [4.69, 9.17) is 4.74 Å². The maximum atomic E-state index is 12.6. The molecule has 1 aromatic rings. The number of sulfonamides is 1. The van der Waals surface area contributed by atoms with Crippen molar-refractivity contribution in [2.75, 3.05) is 36.7 Å². The quantitative estimate of drug-likeness (QED) is 0.697. The minimum Gasteiger partial charge on any atom is -0.476 e. The second kappa shape index (κ2) is 9.13. The summed E-state index contributed by atoms with van der Waals surface area (Å²) in [6.45, 7) is 4.90. The molecule has 7 nitrogen and oxygen atoms in total. The van der Waals surface area contributed by atoms with Gasteiger partial charge >= 0.3 is 0 Å². The van der Waals surface area contributed by atoms with Crippen LogP contribution in [-0.4, -0.2) is 63.8 Å². The number of nitrogens with one attached hydrogen (secondary N) is 1. The average Bonchev–Trinajstić information content (AvgIpc) is 2.69. The number of amides is 1. The van der Waals surface area contributed by atoms with Crippen LogP contribution in [0.4, 0.5) is 5.69 Å². The molecule has 0 spiro atoms. The SMILES string of the molecule is CC[C@@H]1CCCCN1CCCNC(=O)[C@@H]1CN(S(C)(=O)=O)c2ccccc2O1. The lowest BCUT2D eigenvalue weighted by Crippen LogP contribution is -2.50. The number of carbonyl (C=O) groups is 1. The highest BCUT2D eigenvalue weighted by molar-refractivity contribution is 7.92. The lowest BCUT2D eigenvalue weighted by Gasteiger charge is -2.35. The third-order valence-electron chi connectivity index (χ3n) is 5.57. The molecule has 0 saturated carbocycles. The second-order valence-corrected chi connectivity index (χ2v) is 9.51. The Morgan fingerprint density at radius 2 is 2.07 bits per heavy atom. The molecule has 1 amide bonds. The van der Waals surface area contributed by atoms with Crippen LogP contribution in [0.15, 0.2) is 24.3 Å². The molecule has 2 atom stereocenters. The van der Waals surface area contributed by atoms with E-state index < -0.39 is 16.1 Å². The first-order valence-electron chi connectivity index (χ1n) is 10.2. The van der Waals surface area contributed by atoms with Crippen LogP contribution in [0.2, 0.25) is 0 Å². The number of hydrogen-bond donors (Lipinski definition) is 1. The molecule has 0 aromatic heterocycles. The number of nitrogens with zero attached hydrogens (tertiary/aromatic N) is 2. The van der Waals surface area contributed by atoms with E-state index in [0.717, 1.165) is 25.8 Å². The van der Waals surface area contributed by atoms with Crippen molar-refractivity contribution in [1.29, 1.82) is 0 Å². The maximum absolute atomic E-state index is 12.6. The normalized spacial score (nSPS) is 23.0. The van der Waals surface area contributed by atoms with Crippen LogP contribution in [0.3, 0.4) is 0 Å². The van der Waals surface area contributed by atoms with Gasteiger partial charge in [-0.15, -0.1) is 0 Å². The molecule has 2 aliphatic heterocycles. The van der Waals surface area contributed by atoms with Crippen LogP contribution in [0.5, 0.6) is 5.75 Å². The topological polar surface area (TPSA) is 79.0 Å². The Morgan fingerprint density at radius 1 is 1.29 bits per heavy atom. The highest BCUT2D eigenvalue weighted by Gasteiger charge is 2.34. The fraction of sp³-hybridized carbons (Fsp3) is 0.650. The number of benzene rings is 1. The smallest absolute Gasteiger partial charge is 0.263 e. The predicted molar refractivity (Wildman–Crippen MR) is 110 cm³/mol. The Balaban J connectivity index is 1.53. The van der Waals surface area contributed by atoms with Crippen molar-refractivity contribution < 1.29 is 17.9 Å². The van der Waals surface area contributed by atoms with E-state index in [1.165, 1.54) is 30.0 Å². The number of fused-ring (bicyclic) bond motifs is 1. The van der Waals surface area contributed by atoms with E-state index in [9.17, 15) is 13.2 Å². The Labute approximate surface area is 168 Å². The van der Waals surface area contributed by atoms with Crippen LogP contribution >= 0.6 is 0 Å². The molecule has 0 unspecified atom stereocenters. The van der Waals surface area contributed by atoms with E-state index >= 15 is 0 Å². The minimum absolute atomic E-state index is 0.00822. The number of para-hydroxylation sites is 2. The molecule has 0 bridgehead atoms. The van der Waals surface area contributed by atoms with Crippen molar-refractivity contribution in [1.82, 2.24) is 10.2 Å². The van der Waals surface area contributed by atoms with Gasteiger partial charge in [-0.3, -0.25) is 9.10 Å². The van der Waals surface area contributed by atoms with Crippen molar-refractivity contribution >= 4 is 21.6 Å². The first-order chi connectivity index (χ1) is 13.4. The van der Waals surface area contributed by atoms with Gasteiger partial charge in [0.25, 0.3) is 5.91 Å². The summed E-state index contributed by atoms with van der Waals surface area (Å²) in [5, 5.41) is 2.92. The Hall–Kier alpha value is -1.80. The zero-order chi connectivity index (χ0) is 20.1. The fourth-order valence-electron chi connectivity index (χ4n) is 4.08. The minimum atomic E-state index is -3.49. The Morgan fingerprint density at radius 3 is 2.82 bits per heavy atom. The van der Waals surface area contributed by atoms with Gasteiger partial charge in [-0.1, -0.05) is 25.5 Å². The van der Waals surface area contributed by atoms with Crippen molar-refractivity contribution in [3.8, 4) is 5.75 Å². The Bertz CT molecular complexity index is 783. The molecule has 1 saturated heterocycles. The number of likely N-dealkylation sites (tertiary alicyclic amines) is 1. The summed E-state index contributed by atoms with van der Waals surface area (Å²) in [6, 6.07) is 7.56. The highest BCUT2D eigenvalue weighted by Crippen LogP contribution is 2.34. The maximum Gasteiger partial charge on any atom is 0.263 e. The molecule has 1 fully saturated rings. The number of hydrogen-bond acceptors (Lipinski definition) is 5. The summed E-state index contributed by atoms with van der Waals surface area (Å²) in [6.07, 6.45) is 6.17. The van der Waals surface area contributed by atoms with E-state index in [0.29, 0.717) is 24.0 Å². The number of carbonyl (C=O) groups excluding carboxylic acids is 1. The molecule has 3 rings (SSSR count). The van der Waals surface area contributed by atoms with E-state index in [-0.39, 0.29) is 12.5 Å². The number of piperidine rings is 1. The summed E-state index contributed by atoms with van der Waals surface area (Å²) in [4.78, 5) is 15.1. The number of rotatable bonds is 7. The molecule has 0 radical (unpaired) electrons. The first kappa shape index (κ1) is 20.9. The molecule has 28 heavy (non-hydrogen) atoms. The summed E-state index contributed by atoms with van der Waals surface area (Å²) in [5.74, 6) is 0.146. The molecule has 1 N–H and O–H groups in total. The van der Waals surface area contributed by atoms with Crippen molar-refractivity contribution in [2.24, 2.45) is 0 Å². The first-order valence-corrected chi connectivity index (χ1v) is 12.0. The van der Waals surface area contributed by atoms with E-state index in [1.807, 2.05) is 0 Å². The van der Waals surface area contributed by atoms with Crippen LogP contribution < -0.4 is 14.4 Å². The molecule has 156 valence electrons. The summed E-state index contributed by atoms with van der Waals surface area (Å²) in [7, 11) is -3.49. The van der Waals surface area contributed by atoms with Gasteiger partial charge in [-0.25, -0.2) is 8.42 Å². The van der Waals surface area contributed by atoms with Crippen LogP contribution in [0.25, 0.3) is 0 Å². The van der Waals surface area contributed by atoms with E-state index in [2.05, 4.69) is 17.1 Å². The Kier molecular flexibility index (Phi) is 6.82.